The fourth-order valence-electron chi connectivity index (χ4n) is 5.96. The van der Waals surface area contributed by atoms with Gasteiger partial charge in [-0.1, -0.05) is 85.3 Å². The van der Waals surface area contributed by atoms with E-state index < -0.39 is 65.4 Å². The van der Waals surface area contributed by atoms with Crippen LogP contribution in [0, 0.1) is 0 Å². The Bertz CT molecular complexity index is 1800. The van der Waals surface area contributed by atoms with Crippen LogP contribution in [0.5, 0.6) is 0 Å². The SMILES string of the molecule is C[C@@H](O)[C@H](NC(=O)[C@H](CCCCN)NN[C@@H](Cc1c[nH]c2ccccc12)C(=O)C(=O)[C@@H](N)Cc1ccccc1)C(=O)C(=O)[C@@H](N)Cc1ccccc1. The maximum atomic E-state index is 13.8. The molecule has 13 nitrogen and oxygen atoms in total. The fraction of sp³-hybridized carbons (Fsp3) is 0.359. The number of aromatic nitrogens is 1. The molecule has 1 heterocycles. The predicted molar refractivity (Wildman–Crippen MR) is 199 cm³/mol. The third-order valence-electron chi connectivity index (χ3n) is 8.93. The minimum absolute atomic E-state index is 0.0688. The second kappa shape index (κ2) is 19.6. The van der Waals surface area contributed by atoms with Gasteiger partial charge in [-0.2, -0.15) is 0 Å². The molecule has 0 fully saturated rings. The van der Waals surface area contributed by atoms with E-state index in [0.717, 1.165) is 27.6 Å². The lowest BCUT2D eigenvalue weighted by Crippen LogP contribution is -2.61. The maximum absolute atomic E-state index is 13.8. The number of unbranched alkanes of at least 4 members (excludes halogenated alkanes) is 1. The van der Waals surface area contributed by atoms with Gasteiger partial charge < -0.3 is 32.6 Å². The lowest BCUT2D eigenvalue weighted by Gasteiger charge is -2.27. The number of Topliss-reactive ketones (excluding diaryl/α,β-unsaturated/α-hetero) is 4. The summed E-state index contributed by atoms with van der Waals surface area (Å²) in [6.07, 6.45) is 1.91. The zero-order valence-electron chi connectivity index (χ0n) is 29.3. The Morgan fingerprint density at radius 3 is 1.81 bits per heavy atom. The number of amides is 1. The van der Waals surface area contributed by atoms with E-state index >= 15 is 0 Å². The summed E-state index contributed by atoms with van der Waals surface area (Å²) in [5, 5.41) is 13.9. The van der Waals surface area contributed by atoms with Crippen molar-refractivity contribution in [3.05, 3.63) is 108 Å². The van der Waals surface area contributed by atoms with Crippen LogP contribution < -0.4 is 33.4 Å². The topological polar surface area (TPSA) is 236 Å². The molecule has 1 amide bonds. The van der Waals surface area contributed by atoms with Crippen molar-refractivity contribution in [1.29, 1.82) is 0 Å². The van der Waals surface area contributed by atoms with Gasteiger partial charge in [-0.25, -0.2) is 10.9 Å². The van der Waals surface area contributed by atoms with E-state index in [1.807, 2.05) is 60.7 Å². The monoisotopic (exact) mass is 711 g/mol. The molecular weight excluding hydrogens is 662 g/mol. The molecule has 0 aliphatic carbocycles. The number of hydrogen-bond donors (Lipinski definition) is 8. The molecule has 276 valence electrons. The zero-order valence-corrected chi connectivity index (χ0v) is 29.3. The number of carbonyl (C=O) groups is 5. The van der Waals surface area contributed by atoms with E-state index in [0.29, 0.717) is 19.4 Å². The molecule has 0 aliphatic rings. The summed E-state index contributed by atoms with van der Waals surface area (Å²) >= 11 is 0. The Balaban J connectivity index is 1.52. The summed E-state index contributed by atoms with van der Waals surface area (Å²) in [5.41, 5.74) is 27.0. The Kier molecular flexibility index (Phi) is 15.1. The van der Waals surface area contributed by atoms with Gasteiger partial charge in [0.2, 0.25) is 29.0 Å². The Labute approximate surface area is 303 Å². The highest BCUT2D eigenvalue weighted by atomic mass is 16.3. The maximum Gasteiger partial charge on any atom is 0.239 e. The molecule has 0 aliphatic heterocycles. The molecule has 4 rings (SSSR count). The normalized spacial score (nSPS) is 14.9. The van der Waals surface area contributed by atoms with Crippen molar-refractivity contribution < 1.29 is 29.1 Å². The molecule has 0 saturated carbocycles. The van der Waals surface area contributed by atoms with Gasteiger partial charge in [0.15, 0.2) is 0 Å². The number of benzene rings is 3. The van der Waals surface area contributed by atoms with Crippen molar-refractivity contribution in [3.63, 3.8) is 0 Å². The summed E-state index contributed by atoms with van der Waals surface area (Å²) < 4.78 is 0. The number of para-hydroxylation sites is 1. The molecule has 3 aromatic carbocycles. The second-order valence-electron chi connectivity index (χ2n) is 13.0. The number of aromatic amines is 1. The van der Waals surface area contributed by atoms with E-state index in [9.17, 15) is 29.1 Å². The molecule has 0 saturated heterocycles. The highest BCUT2D eigenvalue weighted by molar-refractivity contribution is 6.41. The summed E-state index contributed by atoms with van der Waals surface area (Å²) in [5.74, 6) is -4.25. The first-order valence-corrected chi connectivity index (χ1v) is 17.5. The van der Waals surface area contributed by atoms with Crippen molar-refractivity contribution in [2.24, 2.45) is 17.2 Å². The predicted octanol–water partition coefficient (Wildman–Crippen LogP) is 0.953. The number of nitrogens with two attached hydrogens (primary N) is 3. The zero-order chi connectivity index (χ0) is 37.6. The third kappa shape index (κ3) is 11.1. The smallest absolute Gasteiger partial charge is 0.239 e. The number of hydrazine groups is 1. The summed E-state index contributed by atoms with van der Waals surface area (Å²) in [6.45, 7) is 1.65. The first-order valence-electron chi connectivity index (χ1n) is 17.5. The van der Waals surface area contributed by atoms with Crippen molar-refractivity contribution in [2.75, 3.05) is 6.54 Å². The average Bonchev–Trinajstić information content (AvgIpc) is 3.56. The van der Waals surface area contributed by atoms with E-state index in [2.05, 4.69) is 21.2 Å². The average molecular weight is 712 g/mol. The fourth-order valence-corrected chi connectivity index (χ4v) is 5.96. The second-order valence-corrected chi connectivity index (χ2v) is 13.0. The minimum atomic E-state index is -1.58. The number of hydrogen-bond acceptors (Lipinski definition) is 11. The molecule has 13 heteroatoms. The largest absolute Gasteiger partial charge is 0.391 e. The van der Waals surface area contributed by atoms with Crippen molar-refractivity contribution in [3.8, 4) is 0 Å². The van der Waals surface area contributed by atoms with Gasteiger partial charge in [0, 0.05) is 17.1 Å². The van der Waals surface area contributed by atoms with Gasteiger partial charge in [0.25, 0.3) is 0 Å². The molecule has 0 spiro atoms. The highest BCUT2D eigenvalue weighted by Gasteiger charge is 2.36. The van der Waals surface area contributed by atoms with E-state index in [1.165, 1.54) is 6.92 Å². The highest BCUT2D eigenvalue weighted by Crippen LogP contribution is 2.20. The Morgan fingerprint density at radius 1 is 0.692 bits per heavy atom. The van der Waals surface area contributed by atoms with Gasteiger partial charge in [0.05, 0.1) is 30.3 Å². The van der Waals surface area contributed by atoms with Gasteiger partial charge in [-0.05, 0) is 68.3 Å². The molecular formula is C39H49N7O6. The third-order valence-corrected chi connectivity index (χ3v) is 8.93. The number of ketones is 4. The summed E-state index contributed by atoms with van der Waals surface area (Å²) in [7, 11) is 0. The number of H-pyrrole nitrogens is 1. The van der Waals surface area contributed by atoms with Gasteiger partial charge in [0.1, 0.15) is 6.04 Å². The molecule has 11 N–H and O–H groups in total. The number of fused-ring (bicyclic) bond motifs is 1. The Morgan fingerprint density at radius 2 is 1.23 bits per heavy atom. The van der Waals surface area contributed by atoms with Crippen LogP contribution in [0.1, 0.15) is 42.9 Å². The van der Waals surface area contributed by atoms with Crippen molar-refractivity contribution in [1.82, 2.24) is 21.2 Å². The van der Waals surface area contributed by atoms with Crippen LogP contribution in [-0.2, 0) is 43.2 Å². The molecule has 0 unspecified atom stereocenters. The van der Waals surface area contributed by atoms with Crippen molar-refractivity contribution in [2.45, 2.75) is 81.8 Å². The van der Waals surface area contributed by atoms with Gasteiger partial charge in [-0.15, -0.1) is 0 Å². The lowest BCUT2D eigenvalue weighted by molar-refractivity contribution is -0.141. The number of nitrogens with one attached hydrogen (secondary N) is 4. The summed E-state index contributed by atoms with van der Waals surface area (Å²) in [4.78, 5) is 70.5. The number of aliphatic hydroxyl groups is 1. The standard InChI is InChI=1S/C39H49N7O6/c1-24(47)34(38(51)36(49)30(42)21-26-14-6-3-7-15-26)44-39(52)32(18-10-11-19-40)45-46-33(22-27-23-43-31-17-9-8-16-28(27)31)37(50)35(48)29(41)20-25-12-4-2-5-13-25/h2-9,12-17,23-24,29-30,32-34,43,45-47H,10-11,18-22,40-42H2,1H3,(H,44,52)/t24-,29+,30+,32+,33+,34+/m1/s1. The molecule has 6 atom stereocenters. The van der Waals surface area contributed by atoms with Crippen LogP contribution in [0.15, 0.2) is 91.1 Å². The molecule has 0 bridgehead atoms. The molecule has 4 aromatic rings. The van der Waals surface area contributed by atoms with Gasteiger partial charge in [-0.3, -0.25) is 24.0 Å². The van der Waals surface area contributed by atoms with Crippen LogP contribution in [0.25, 0.3) is 10.9 Å². The minimum Gasteiger partial charge on any atom is -0.391 e. The van der Waals surface area contributed by atoms with Crippen molar-refractivity contribution >= 4 is 39.9 Å². The number of aliphatic hydroxyl groups excluding tert-OH is 1. The lowest BCUT2D eigenvalue weighted by atomic mass is 9.94. The number of carbonyl (C=O) groups excluding carboxylic acids is 5. The number of rotatable bonds is 22. The van der Waals surface area contributed by atoms with Crippen LogP contribution >= 0.6 is 0 Å². The quantitative estimate of drug-likeness (QED) is 0.0325. The summed E-state index contributed by atoms with van der Waals surface area (Å²) in [6, 6.07) is 19.5. The molecule has 1 aromatic heterocycles. The first-order chi connectivity index (χ1) is 25.0. The van der Waals surface area contributed by atoms with Gasteiger partial charge >= 0.3 is 0 Å². The van der Waals surface area contributed by atoms with E-state index in [-0.39, 0.29) is 25.7 Å². The van der Waals surface area contributed by atoms with Crippen LogP contribution in [0.4, 0.5) is 0 Å². The molecule has 52 heavy (non-hydrogen) atoms. The Hall–Kier alpha value is -4.89. The van der Waals surface area contributed by atoms with Crippen LogP contribution in [0.3, 0.4) is 0 Å². The molecule has 0 radical (unpaired) electrons. The van der Waals surface area contributed by atoms with E-state index in [1.54, 1.807) is 30.5 Å². The van der Waals surface area contributed by atoms with E-state index in [4.69, 9.17) is 17.2 Å². The van der Waals surface area contributed by atoms with Crippen LogP contribution in [0.2, 0.25) is 0 Å². The first kappa shape index (κ1) is 39.9. The van der Waals surface area contributed by atoms with Crippen LogP contribution in [-0.4, -0.2) is 82.0 Å².